The molecule has 1 fully saturated rings. The van der Waals surface area contributed by atoms with Gasteiger partial charge in [0, 0.05) is 19.5 Å². The molecule has 1 atom stereocenters. The molecule has 1 heterocycles. The summed E-state index contributed by atoms with van der Waals surface area (Å²) in [5.74, 6) is -0.948. The molecule has 22 heavy (non-hydrogen) atoms. The third-order valence-electron chi connectivity index (χ3n) is 4.20. The van der Waals surface area contributed by atoms with Crippen LogP contribution in [0, 0.1) is 17.6 Å². The van der Waals surface area contributed by atoms with Gasteiger partial charge in [-0.25, -0.2) is 8.78 Å². The van der Waals surface area contributed by atoms with E-state index >= 15 is 0 Å². The van der Waals surface area contributed by atoms with Crippen LogP contribution in [-0.2, 0) is 11.2 Å². The van der Waals surface area contributed by atoms with Gasteiger partial charge in [0.05, 0.1) is 0 Å². The summed E-state index contributed by atoms with van der Waals surface area (Å²) < 4.78 is 26.0. The summed E-state index contributed by atoms with van der Waals surface area (Å²) in [5, 5.41) is 3.17. The average Bonchev–Trinajstić information content (AvgIpc) is 2.51. The summed E-state index contributed by atoms with van der Waals surface area (Å²) in [6, 6.07) is 3.93. The van der Waals surface area contributed by atoms with Gasteiger partial charge >= 0.3 is 0 Å². The molecule has 1 aliphatic heterocycles. The summed E-state index contributed by atoms with van der Waals surface area (Å²) in [6.07, 6.45) is 3.94. The van der Waals surface area contributed by atoms with Gasteiger partial charge in [0.15, 0.2) is 11.6 Å². The lowest BCUT2D eigenvalue weighted by Crippen LogP contribution is -2.42. The van der Waals surface area contributed by atoms with Crippen LogP contribution >= 0.6 is 0 Å². The van der Waals surface area contributed by atoms with E-state index in [9.17, 15) is 13.6 Å². The Hall–Kier alpha value is -1.49. The largest absolute Gasteiger partial charge is 0.342 e. The molecule has 1 amide bonds. The van der Waals surface area contributed by atoms with Crippen molar-refractivity contribution in [3.63, 3.8) is 0 Å². The first-order chi connectivity index (χ1) is 10.6. The van der Waals surface area contributed by atoms with Gasteiger partial charge < -0.3 is 10.2 Å². The quantitative estimate of drug-likeness (QED) is 0.876. The molecule has 5 heteroatoms. The Morgan fingerprint density at radius 1 is 1.36 bits per heavy atom. The molecular weight excluding hydrogens is 286 g/mol. The Labute approximate surface area is 130 Å². The Balaban J connectivity index is 1.76. The van der Waals surface area contributed by atoms with Gasteiger partial charge in [-0.1, -0.05) is 6.07 Å². The number of carbonyl (C=O) groups excluding carboxylic acids is 1. The minimum atomic E-state index is -0.830. The second kappa shape index (κ2) is 8.22. The lowest BCUT2D eigenvalue weighted by molar-refractivity contribution is -0.133. The van der Waals surface area contributed by atoms with E-state index < -0.39 is 11.6 Å². The number of hydrogen-bond acceptors (Lipinski definition) is 2. The molecule has 1 N–H and O–H groups in total. The van der Waals surface area contributed by atoms with Crippen LogP contribution in [0.15, 0.2) is 18.2 Å². The summed E-state index contributed by atoms with van der Waals surface area (Å²) >= 11 is 0. The number of benzene rings is 1. The van der Waals surface area contributed by atoms with E-state index in [1.807, 2.05) is 11.9 Å². The predicted molar refractivity (Wildman–Crippen MR) is 82.5 cm³/mol. The highest BCUT2D eigenvalue weighted by Gasteiger charge is 2.22. The van der Waals surface area contributed by atoms with Crippen molar-refractivity contribution in [3.8, 4) is 0 Å². The van der Waals surface area contributed by atoms with Crippen molar-refractivity contribution in [3.05, 3.63) is 35.4 Å². The third kappa shape index (κ3) is 4.77. The van der Waals surface area contributed by atoms with E-state index in [1.54, 1.807) is 6.07 Å². The van der Waals surface area contributed by atoms with Crippen molar-refractivity contribution in [2.45, 2.75) is 32.1 Å². The van der Waals surface area contributed by atoms with Gasteiger partial charge in [-0.2, -0.15) is 0 Å². The lowest BCUT2D eigenvalue weighted by Gasteiger charge is -2.32. The summed E-state index contributed by atoms with van der Waals surface area (Å²) in [7, 11) is 1.93. The van der Waals surface area contributed by atoms with E-state index in [4.69, 9.17) is 0 Å². The van der Waals surface area contributed by atoms with Crippen LogP contribution in [0.4, 0.5) is 8.78 Å². The fourth-order valence-corrected chi connectivity index (χ4v) is 3.04. The van der Waals surface area contributed by atoms with E-state index in [-0.39, 0.29) is 5.91 Å². The number of halogens is 2. The number of rotatable bonds is 6. The predicted octanol–water partition coefficient (Wildman–Crippen LogP) is 2.75. The normalized spacial score (nSPS) is 18.5. The Morgan fingerprint density at radius 2 is 2.18 bits per heavy atom. The standard InChI is InChI=1S/C17H24F2N2O/c1-20-11-14-5-3-9-21(12-14)17(22)6-2-4-13-7-8-15(18)16(19)10-13/h7-8,10,14,20H,2-6,9,11-12H2,1H3. The van der Waals surface area contributed by atoms with Crippen molar-refractivity contribution in [1.29, 1.82) is 0 Å². The maximum Gasteiger partial charge on any atom is 0.222 e. The maximum absolute atomic E-state index is 13.1. The summed E-state index contributed by atoms with van der Waals surface area (Å²) in [4.78, 5) is 14.2. The van der Waals surface area contributed by atoms with Gasteiger partial charge in [0.1, 0.15) is 0 Å². The molecule has 1 unspecified atom stereocenters. The molecule has 0 spiro atoms. The zero-order valence-corrected chi connectivity index (χ0v) is 13.1. The van der Waals surface area contributed by atoms with E-state index in [1.165, 1.54) is 12.5 Å². The molecular formula is C17H24F2N2O. The van der Waals surface area contributed by atoms with Gasteiger partial charge in [-0.05, 0) is 62.9 Å². The van der Waals surface area contributed by atoms with E-state index in [0.717, 1.165) is 37.7 Å². The maximum atomic E-state index is 13.1. The number of likely N-dealkylation sites (tertiary alicyclic amines) is 1. The van der Waals surface area contributed by atoms with Crippen LogP contribution < -0.4 is 5.32 Å². The van der Waals surface area contributed by atoms with Crippen LogP contribution in [0.5, 0.6) is 0 Å². The number of piperidine rings is 1. The number of hydrogen-bond donors (Lipinski definition) is 1. The van der Waals surface area contributed by atoms with Crippen LogP contribution in [0.2, 0.25) is 0 Å². The monoisotopic (exact) mass is 310 g/mol. The molecule has 1 saturated heterocycles. The van der Waals surface area contributed by atoms with E-state index in [0.29, 0.717) is 25.2 Å². The Kier molecular flexibility index (Phi) is 6.31. The highest BCUT2D eigenvalue weighted by Crippen LogP contribution is 2.17. The number of nitrogens with zero attached hydrogens (tertiary/aromatic N) is 1. The molecule has 0 bridgehead atoms. The average molecular weight is 310 g/mol. The number of carbonyl (C=O) groups is 1. The van der Waals surface area contributed by atoms with Crippen molar-refractivity contribution in [1.82, 2.24) is 10.2 Å². The fraction of sp³-hybridized carbons (Fsp3) is 0.588. The van der Waals surface area contributed by atoms with Crippen LogP contribution in [0.25, 0.3) is 0 Å². The lowest BCUT2D eigenvalue weighted by atomic mass is 9.97. The first kappa shape index (κ1) is 16.9. The zero-order chi connectivity index (χ0) is 15.9. The molecule has 2 rings (SSSR count). The van der Waals surface area contributed by atoms with Gasteiger partial charge in [0.25, 0.3) is 0 Å². The second-order valence-corrected chi connectivity index (χ2v) is 6.01. The SMILES string of the molecule is CNCC1CCCN(C(=O)CCCc2ccc(F)c(F)c2)C1. The van der Waals surface area contributed by atoms with Crippen molar-refractivity contribution in [2.75, 3.05) is 26.7 Å². The number of amides is 1. The summed E-state index contributed by atoms with van der Waals surface area (Å²) in [5.41, 5.74) is 0.735. The number of nitrogens with one attached hydrogen (secondary N) is 1. The topological polar surface area (TPSA) is 32.3 Å². The molecule has 1 aromatic carbocycles. The van der Waals surface area contributed by atoms with Crippen molar-refractivity contribution in [2.24, 2.45) is 5.92 Å². The fourth-order valence-electron chi connectivity index (χ4n) is 3.04. The van der Waals surface area contributed by atoms with Gasteiger partial charge in [0.2, 0.25) is 5.91 Å². The molecule has 0 radical (unpaired) electrons. The van der Waals surface area contributed by atoms with E-state index in [2.05, 4.69) is 5.32 Å². The molecule has 122 valence electrons. The summed E-state index contributed by atoms with van der Waals surface area (Å²) in [6.45, 7) is 2.60. The molecule has 0 aromatic heterocycles. The minimum Gasteiger partial charge on any atom is -0.342 e. The van der Waals surface area contributed by atoms with Crippen LogP contribution in [-0.4, -0.2) is 37.5 Å². The highest BCUT2D eigenvalue weighted by molar-refractivity contribution is 5.76. The first-order valence-corrected chi connectivity index (χ1v) is 7.96. The van der Waals surface area contributed by atoms with Gasteiger partial charge in [-0.15, -0.1) is 0 Å². The number of aryl methyl sites for hydroxylation is 1. The highest BCUT2D eigenvalue weighted by atomic mass is 19.2. The smallest absolute Gasteiger partial charge is 0.222 e. The first-order valence-electron chi connectivity index (χ1n) is 7.96. The van der Waals surface area contributed by atoms with Crippen LogP contribution in [0.1, 0.15) is 31.2 Å². The Bertz CT molecular complexity index is 505. The minimum absolute atomic E-state index is 0.170. The molecule has 0 saturated carbocycles. The van der Waals surface area contributed by atoms with Crippen LogP contribution in [0.3, 0.4) is 0 Å². The third-order valence-corrected chi connectivity index (χ3v) is 4.20. The Morgan fingerprint density at radius 3 is 2.91 bits per heavy atom. The molecule has 0 aliphatic carbocycles. The molecule has 3 nitrogen and oxygen atoms in total. The molecule has 1 aromatic rings. The van der Waals surface area contributed by atoms with Crippen molar-refractivity contribution >= 4 is 5.91 Å². The van der Waals surface area contributed by atoms with Crippen molar-refractivity contribution < 1.29 is 13.6 Å². The zero-order valence-electron chi connectivity index (χ0n) is 13.1. The van der Waals surface area contributed by atoms with Gasteiger partial charge in [-0.3, -0.25) is 4.79 Å². The second-order valence-electron chi connectivity index (χ2n) is 6.01. The molecule has 1 aliphatic rings.